The van der Waals surface area contributed by atoms with Crippen molar-refractivity contribution in [1.82, 2.24) is 4.90 Å². The Labute approximate surface area is 127 Å². The standard InChI is InChI=1S/C16H30N2O3/c1-12-5-7-16(20,8-6-12)15(17)9-10-18(11-15)13(19)21-14(2,3)4/h12,20H,5-11,17H2,1-4H3. The highest BCUT2D eigenvalue weighted by molar-refractivity contribution is 5.68. The minimum atomic E-state index is -0.851. The lowest BCUT2D eigenvalue weighted by Crippen LogP contribution is -2.63. The van der Waals surface area contributed by atoms with Crippen molar-refractivity contribution < 1.29 is 14.6 Å². The van der Waals surface area contributed by atoms with E-state index >= 15 is 0 Å². The van der Waals surface area contributed by atoms with E-state index in [0.717, 1.165) is 25.7 Å². The monoisotopic (exact) mass is 298 g/mol. The van der Waals surface area contributed by atoms with Gasteiger partial charge in [0.25, 0.3) is 0 Å². The van der Waals surface area contributed by atoms with E-state index < -0.39 is 16.7 Å². The zero-order valence-corrected chi connectivity index (χ0v) is 13.8. The van der Waals surface area contributed by atoms with Gasteiger partial charge < -0.3 is 20.5 Å². The molecule has 2 fully saturated rings. The first-order valence-electron chi connectivity index (χ1n) is 8.04. The summed E-state index contributed by atoms with van der Waals surface area (Å²) in [4.78, 5) is 13.8. The Kier molecular flexibility index (Phi) is 4.28. The van der Waals surface area contributed by atoms with E-state index in [4.69, 9.17) is 10.5 Å². The Bertz CT molecular complexity index is 397. The summed E-state index contributed by atoms with van der Waals surface area (Å²) in [5.74, 6) is 0.650. The first-order chi connectivity index (χ1) is 9.55. The number of hydrogen-bond acceptors (Lipinski definition) is 4. The molecule has 1 heterocycles. The molecule has 1 aliphatic heterocycles. The van der Waals surface area contributed by atoms with Crippen molar-refractivity contribution in [2.45, 2.75) is 76.5 Å². The quantitative estimate of drug-likeness (QED) is 0.778. The molecule has 0 aromatic carbocycles. The van der Waals surface area contributed by atoms with Gasteiger partial charge in [0, 0.05) is 13.1 Å². The van der Waals surface area contributed by atoms with E-state index in [0.29, 0.717) is 25.4 Å². The number of amides is 1. The molecule has 2 aliphatic rings. The number of aliphatic hydroxyl groups is 1. The molecule has 2 rings (SSSR count). The van der Waals surface area contributed by atoms with E-state index in [1.807, 2.05) is 20.8 Å². The second-order valence-electron chi connectivity index (χ2n) is 8.02. The lowest BCUT2D eigenvalue weighted by atomic mass is 9.68. The maximum Gasteiger partial charge on any atom is 0.410 e. The van der Waals surface area contributed by atoms with Gasteiger partial charge in [-0.15, -0.1) is 0 Å². The van der Waals surface area contributed by atoms with Gasteiger partial charge in [-0.1, -0.05) is 6.92 Å². The molecule has 0 spiro atoms. The Balaban J connectivity index is 2.01. The fourth-order valence-electron chi connectivity index (χ4n) is 3.43. The highest BCUT2D eigenvalue weighted by Crippen LogP contribution is 2.42. The van der Waals surface area contributed by atoms with E-state index in [1.54, 1.807) is 4.90 Å². The van der Waals surface area contributed by atoms with Crippen LogP contribution in [0.1, 0.15) is 59.8 Å². The summed E-state index contributed by atoms with van der Waals surface area (Å²) in [5, 5.41) is 11.0. The largest absolute Gasteiger partial charge is 0.444 e. The molecule has 0 aromatic heterocycles. The average molecular weight is 298 g/mol. The number of ether oxygens (including phenoxy) is 1. The fraction of sp³-hybridized carbons (Fsp3) is 0.938. The molecule has 122 valence electrons. The van der Waals surface area contributed by atoms with Gasteiger partial charge in [0.05, 0.1) is 11.1 Å². The van der Waals surface area contributed by atoms with Gasteiger partial charge in [0.15, 0.2) is 0 Å². The van der Waals surface area contributed by atoms with Gasteiger partial charge in [-0.05, 0) is 58.8 Å². The summed E-state index contributed by atoms with van der Waals surface area (Å²) < 4.78 is 5.40. The van der Waals surface area contributed by atoms with Crippen LogP contribution in [0.2, 0.25) is 0 Å². The Morgan fingerprint density at radius 3 is 2.38 bits per heavy atom. The molecule has 0 radical (unpaired) electrons. The molecular weight excluding hydrogens is 268 g/mol. The fourth-order valence-corrected chi connectivity index (χ4v) is 3.43. The van der Waals surface area contributed by atoms with Crippen LogP contribution in [0.3, 0.4) is 0 Å². The molecule has 0 aromatic rings. The molecule has 1 saturated heterocycles. The lowest BCUT2D eigenvalue weighted by molar-refractivity contribution is -0.0689. The predicted molar refractivity (Wildman–Crippen MR) is 81.9 cm³/mol. The van der Waals surface area contributed by atoms with Gasteiger partial charge in [-0.25, -0.2) is 4.79 Å². The zero-order valence-electron chi connectivity index (χ0n) is 13.8. The number of hydrogen-bond donors (Lipinski definition) is 2. The molecule has 1 unspecified atom stereocenters. The molecule has 5 heteroatoms. The summed E-state index contributed by atoms with van der Waals surface area (Å²) in [7, 11) is 0. The van der Waals surface area contributed by atoms with E-state index in [-0.39, 0.29) is 6.09 Å². The Morgan fingerprint density at radius 1 is 1.29 bits per heavy atom. The van der Waals surface area contributed by atoms with Crippen LogP contribution in [-0.4, -0.2) is 45.9 Å². The zero-order chi connectivity index (χ0) is 15.9. The van der Waals surface area contributed by atoms with Crippen LogP contribution >= 0.6 is 0 Å². The first kappa shape index (κ1) is 16.6. The van der Waals surface area contributed by atoms with Gasteiger partial charge in [-0.2, -0.15) is 0 Å². The number of nitrogens with two attached hydrogens (primary N) is 1. The van der Waals surface area contributed by atoms with Crippen LogP contribution in [0.5, 0.6) is 0 Å². The molecule has 1 amide bonds. The topological polar surface area (TPSA) is 75.8 Å². The molecule has 3 N–H and O–H groups in total. The Morgan fingerprint density at radius 2 is 1.86 bits per heavy atom. The molecule has 21 heavy (non-hydrogen) atoms. The van der Waals surface area contributed by atoms with E-state index in [1.165, 1.54) is 0 Å². The van der Waals surface area contributed by atoms with Crippen LogP contribution in [0, 0.1) is 5.92 Å². The third kappa shape index (κ3) is 3.51. The van der Waals surface area contributed by atoms with Crippen molar-refractivity contribution in [2.24, 2.45) is 11.7 Å². The highest BCUT2D eigenvalue weighted by Gasteiger charge is 2.53. The summed E-state index contributed by atoms with van der Waals surface area (Å²) in [5.41, 5.74) is 4.44. The molecule has 1 saturated carbocycles. The van der Waals surface area contributed by atoms with E-state index in [9.17, 15) is 9.90 Å². The van der Waals surface area contributed by atoms with Crippen molar-refractivity contribution in [1.29, 1.82) is 0 Å². The van der Waals surface area contributed by atoms with Crippen molar-refractivity contribution in [3.05, 3.63) is 0 Å². The predicted octanol–water partition coefficient (Wildman–Crippen LogP) is 2.27. The summed E-state index contributed by atoms with van der Waals surface area (Å²) in [6, 6.07) is 0. The average Bonchev–Trinajstić information content (AvgIpc) is 2.76. The second kappa shape index (κ2) is 5.43. The van der Waals surface area contributed by atoms with Crippen molar-refractivity contribution >= 4 is 6.09 Å². The normalized spacial score (nSPS) is 37.6. The van der Waals surface area contributed by atoms with Crippen molar-refractivity contribution in [3.63, 3.8) is 0 Å². The third-order valence-corrected chi connectivity index (χ3v) is 4.98. The maximum absolute atomic E-state index is 12.2. The SMILES string of the molecule is CC1CCC(O)(C2(N)CCN(C(=O)OC(C)(C)C)C2)CC1. The van der Waals surface area contributed by atoms with Crippen LogP contribution in [-0.2, 0) is 4.74 Å². The minimum Gasteiger partial charge on any atom is -0.444 e. The van der Waals surface area contributed by atoms with Gasteiger partial charge >= 0.3 is 6.09 Å². The van der Waals surface area contributed by atoms with Crippen LogP contribution in [0.15, 0.2) is 0 Å². The summed E-state index contributed by atoms with van der Waals surface area (Å²) in [6.07, 6.45) is 3.77. The van der Waals surface area contributed by atoms with Crippen LogP contribution in [0.4, 0.5) is 4.79 Å². The molecule has 1 aliphatic carbocycles. The highest BCUT2D eigenvalue weighted by atomic mass is 16.6. The molecule has 0 bridgehead atoms. The molecular formula is C16H30N2O3. The third-order valence-electron chi connectivity index (χ3n) is 4.98. The maximum atomic E-state index is 12.2. The minimum absolute atomic E-state index is 0.331. The second-order valence-corrected chi connectivity index (χ2v) is 8.02. The number of rotatable bonds is 1. The van der Waals surface area contributed by atoms with Gasteiger partial charge in [0.2, 0.25) is 0 Å². The van der Waals surface area contributed by atoms with E-state index in [2.05, 4.69) is 6.92 Å². The lowest BCUT2D eigenvalue weighted by Gasteiger charge is -2.46. The Hall–Kier alpha value is -0.810. The number of carbonyl (C=O) groups excluding carboxylic acids is 1. The molecule has 5 nitrogen and oxygen atoms in total. The molecule has 1 atom stereocenters. The van der Waals surface area contributed by atoms with Crippen molar-refractivity contribution in [3.8, 4) is 0 Å². The van der Waals surface area contributed by atoms with Gasteiger partial charge in [-0.3, -0.25) is 0 Å². The summed E-state index contributed by atoms with van der Waals surface area (Å²) >= 11 is 0. The summed E-state index contributed by atoms with van der Waals surface area (Å²) in [6.45, 7) is 8.71. The number of likely N-dealkylation sites (tertiary alicyclic amines) is 1. The van der Waals surface area contributed by atoms with Gasteiger partial charge in [0.1, 0.15) is 5.60 Å². The van der Waals surface area contributed by atoms with Crippen molar-refractivity contribution in [2.75, 3.05) is 13.1 Å². The van der Waals surface area contributed by atoms with Crippen LogP contribution < -0.4 is 5.73 Å². The number of nitrogens with zero attached hydrogens (tertiary/aromatic N) is 1. The first-order valence-corrected chi connectivity index (χ1v) is 8.04. The smallest absolute Gasteiger partial charge is 0.410 e. The number of carbonyl (C=O) groups is 1. The van der Waals surface area contributed by atoms with Crippen LogP contribution in [0.25, 0.3) is 0 Å².